The minimum Gasteiger partial charge on any atom is -0.506 e. The molecule has 3 aromatic rings. The maximum absolute atomic E-state index is 13.6. The Bertz CT molecular complexity index is 1160. The van der Waals surface area contributed by atoms with E-state index in [-0.39, 0.29) is 25.1 Å². The van der Waals surface area contributed by atoms with Crippen LogP contribution in [0.5, 0.6) is 5.75 Å². The van der Waals surface area contributed by atoms with Crippen LogP contribution in [0.1, 0.15) is 36.0 Å². The average molecular weight is 645 g/mol. The van der Waals surface area contributed by atoms with Gasteiger partial charge in [0.15, 0.2) is 0 Å². The van der Waals surface area contributed by atoms with Gasteiger partial charge in [0, 0.05) is 6.54 Å². The fourth-order valence-corrected chi connectivity index (χ4v) is 5.37. The largest absolute Gasteiger partial charge is 0.506 e. The van der Waals surface area contributed by atoms with E-state index in [0.717, 1.165) is 21.6 Å². The third kappa shape index (κ3) is 8.51. The van der Waals surface area contributed by atoms with Gasteiger partial charge in [-0.3, -0.25) is 19.3 Å². The highest BCUT2D eigenvalue weighted by Gasteiger charge is 2.34. The van der Waals surface area contributed by atoms with Crippen LogP contribution in [0.2, 0.25) is 0 Å². The molecule has 9 heteroatoms. The molecule has 3 rings (SSSR count). The number of aromatic hydroxyl groups is 1. The molecule has 200 valence electrons. The van der Waals surface area contributed by atoms with Gasteiger partial charge in [-0.05, 0) is 86.5 Å². The first kappa shape index (κ1) is 29.5. The lowest BCUT2D eigenvalue weighted by atomic mass is 10.0. The summed E-state index contributed by atoms with van der Waals surface area (Å²) in [5, 5.41) is 12.9. The second-order valence-electron chi connectivity index (χ2n) is 8.91. The first-order valence-electron chi connectivity index (χ1n) is 12.4. The number of amides is 3. The number of unbranched alkanes of at least 4 members (excludes halogenated alkanes) is 1. The van der Waals surface area contributed by atoms with Gasteiger partial charge in [0.05, 0.1) is 21.8 Å². The van der Waals surface area contributed by atoms with Crippen LogP contribution in [-0.2, 0) is 33.8 Å². The molecule has 0 aliphatic carbocycles. The number of nitrogens with zero attached hydrogens (tertiary/aromatic N) is 1. The molecule has 0 fully saturated rings. The van der Waals surface area contributed by atoms with Gasteiger partial charge in [-0.25, -0.2) is 0 Å². The Morgan fingerprint density at radius 3 is 1.79 bits per heavy atom. The molecule has 0 aliphatic rings. The van der Waals surface area contributed by atoms with Crippen molar-refractivity contribution in [1.29, 1.82) is 0 Å². The zero-order valence-electron chi connectivity index (χ0n) is 20.9. The van der Waals surface area contributed by atoms with Gasteiger partial charge in [-0.2, -0.15) is 0 Å². The zero-order chi connectivity index (χ0) is 27.5. The zero-order valence-corrected chi connectivity index (χ0v) is 24.1. The fourth-order valence-electron chi connectivity index (χ4n) is 4.08. The van der Waals surface area contributed by atoms with Crippen LogP contribution >= 0.6 is 31.9 Å². The van der Waals surface area contributed by atoms with E-state index >= 15 is 0 Å². The number of hydrogen-bond acceptors (Lipinski definition) is 5. The second-order valence-corrected chi connectivity index (χ2v) is 10.6. The van der Waals surface area contributed by atoms with Crippen molar-refractivity contribution in [2.75, 3.05) is 6.54 Å². The Morgan fingerprint density at radius 2 is 1.32 bits per heavy atom. The number of rotatable bonds is 12. The van der Waals surface area contributed by atoms with E-state index in [1.54, 1.807) is 12.1 Å². The molecule has 0 radical (unpaired) electrons. The van der Waals surface area contributed by atoms with Gasteiger partial charge < -0.3 is 16.2 Å². The lowest BCUT2D eigenvalue weighted by molar-refractivity contribution is -0.151. The molecule has 3 aromatic carbocycles. The summed E-state index contributed by atoms with van der Waals surface area (Å²) in [6, 6.07) is 20.7. The van der Waals surface area contributed by atoms with Crippen molar-refractivity contribution in [3.05, 3.63) is 98.4 Å². The maximum atomic E-state index is 13.6. The summed E-state index contributed by atoms with van der Waals surface area (Å²) in [5.74, 6) is -1.23. The summed E-state index contributed by atoms with van der Waals surface area (Å²) in [4.78, 5) is 41.8. The van der Waals surface area contributed by atoms with Crippen LogP contribution in [0.3, 0.4) is 0 Å². The predicted octanol–water partition coefficient (Wildman–Crippen LogP) is 4.87. The first-order chi connectivity index (χ1) is 18.3. The molecule has 0 aromatic heterocycles. The number of nitrogens with two attached hydrogens (primary N) is 1. The first-order valence-corrected chi connectivity index (χ1v) is 14.0. The molecule has 3 amide bonds. The number of phenols is 1. The Balaban J connectivity index is 1.88. The highest BCUT2D eigenvalue weighted by molar-refractivity contribution is 9.11. The Kier molecular flexibility index (Phi) is 11.5. The van der Waals surface area contributed by atoms with Crippen molar-refractivity contribution >= 4 is 49.6 Å². The summed E-state index contributed by atoms with van der Waals surface area (Å²) in [6.45, 7) is 0.594. The number of carbonyl (C=O) groups excluding carboxylic acids is 3. The van der Waals surface area contributed by atoms with E-state index in [0.29, 0.717) is 34.8 Å². The molecule has 38 heavy (non-hydrogen) atoms. The van der Waals surface area contributed by atoms with E-state index in [1.165, 1.54) is 0 Å². The average Bonchev–Trinajstić information content (AvgIpc) is 2.90. The lowest BCUT2D eigenvalue weighted by Crippen LogP contribution is -2.53. The predicted molar refractivity (Wildman–Crippen MR) is 154 cm³/mol. The molecule has 1 atom stereocenters. The van der Waals surface area contributed by atoms with Gasteiger partial charge in [0.25, 0.3) is 0 Å². The molecular weight excluding hydrogens is 614 g/mol. The second kappa shape index (κ2) is 14.8. The van der Waals surface area contributed by atoms with Crippen molar-refractivity contribution in [1.82, 2.24) is 10.2 Å². The number of phenolic OH excluding ortho intramolecular Hbond substituents is 1. The Morgan fingerprint density at radius 1 is 0.816 bits per heavy atom. The standard InChI is InChI=1S/C29H31Br2N3O4/c30-23-15-22(16-24(31)28(23)37)19-33-29(38)25(13-7-8-14-32)34(26(35)17-20-9-3-1-4-10-20)27(36)18-21-11-5-2-6-12-21/h1-6,9-12,15-16,25,37H,7-8,13-14,17-19,32H2,(H,33,38). The summed E-state index contributed by atoms with van der Waals surface area (Å²) >= 11 is 6.59. The highest BCUT2D eigenvalue weighted by Crippen LogP contribution is 2.33. The minimum absolute atomic E-state index is 0.000105. The Labute approximate surface area is 239 Å². The lowest BCUT2D eigenvalue weighted by Gasteiger charge is -2.30. The van der Waals surface area contributed by atoms with Crippen LogP contribution in [0.25, 0.3) is 0 Å². The third-order valence-electron chi connectivity index (χ3n) is 6.02. The number of hydrogen-bond donors (Lipinski definition) is 3. The number of imide groups is 1. The third-order valence-corrected chi connectivity index (χ3v) is 7.23. The molecular formula is C29H31Br2N3O4. The van der Waals surface area contributed by atoms with Crippen LogP contribution in [-0.4, -0.2) is 40.3 Å². The van der Waals surface area contributed by atoms with Gasteiger partial charge in [-0.1, -0.05) is 60.7 Å². The SMILES string of the molecule is NCCCCC(C(=O)NCc1cc(Br)c(O)c(Br)c1)N(C(=O)Cc1ccccc1)C(=O)Cc1ccccc1. The molecule has 4 N–H and O–H groups in total. The van der Waals surface area contributed by atoms with Gasteiger partial charge in [0.1, 0.15) is 11.8 Å². The summed E-state index contributed by atoms with van der Waals surface area (Å²) < 4.78 is 0.960. The molecule has 0 bridgehead atoms. The van der Waals surface area contributed by atoms with Crippen molar-refractivity contribution in [2.24, 2.45) is 5.73 Å². The van der Waals surface area contributed by atoms with Crippen LogP contribution < -0.4 is 11.1 Å². The van der Waals surface area contributed by atoms with E-state index in [4.69, 9.17) is 5.73 Å². The van der Waals surface area contributed by atoms with E-state index in [1.807, 2.05) is 60.7 Å². The highest BCUT2D eigenvalue weighted by atomic mass is 79.9. The van der Waals surface area contributed by atoms with Crippen molar-refractivity contribution in [2.45, 2.75) is 44.7 Å². The molecule has 0 aliphatic heterocycles. The van der Waals surface area contributed by atoms with Crippen molar-refractivity contribution in [3.63, 3.8) is 0 Å². The van der Waals surface area contributed by atoms with Crippen molar-refractivity contribution in [3.8, 4) is 5.75 Å². The van der Waals surface area contributed by atoms with E-state index in [2.05, 4.69) is 37.2 Å². The molecule has 0 spiro atoms. The van der Waals surface area contributed by atoms with Gasteiger partial charge in [-0.15, -0.1) is 0 Å². The monoisotopic (exact) mass is 643 g/mol. The van der Waals surface area contributed by atoms with Crippen LogP contribution in [0.4, 0.5) is 0 Å². The topological polar surface area (TPSA) is 113 Å². The molecule has 1 unspecified atom stereocenters. The maximum Gasteiger partial charge on any atom is 0.243 e. The van der Waals surface area contributed by atoms with E-state index < -0.39 is 23.8 Å². The van der Waals surface area contributed by atoms with Gasteiger partial charge in [0.2, 0.25) is 17.7 Å². The molecule has 0 heterocycles. The molecule has 0 saturated carbocycles. The normalized spacial score (nSPS) is 11.6. The molecule has 0 saturated heterocycles. The minimum atomic E-state index is -0.988. The van der Waals surface area contributed by atoms with Gasteiger partial charge >= 0.3 is 0 Å². The number of benzene rings is 3. The smallest absolute Gasteiger partial charge is 0.243 e. The van der Waals surface area contributed by atoms with Crippen molar-refractivity contribution < 1.29 is 19.5 Å². The quantitative estimate of drug-likeness (QED) is 0.244. The van der Waals surface area contributed by atoms with Crippen LogP contribution in [0.15, 0.2) is 81.7 Å². The Hall–Kier alpha value is -3.01. The number of halogens is 2. The molecule has 7 nitrogen and oxygen atoms in total. The number of nitrogens with one attached hydrogen (secondary N) is 1. The summed E-state index contributed by atoms with van der Waals surface area (Å²) in [5.41, 5.74) is 7.94. The summed E-state index contributed by atoms with van der Waals surface area (Å²) in [7, 11) is 0. The fraction of sp³-hybridized carbons (Fsp3) is 0.276. The number of carbonyl (C=O) groups is 3. The summed E-state index contributed by atoms with van der Waals surface area (Å²) in [6.07, 6.45) is 1.54. The van der Waals surface area contributed by atoms with Crippen LogP contribution in [0, 0.1) is 0 Å². The van der Waals surface area contributed by atoms with E-state index in [9.17, 15) is 19.5 Å².